The summed E-state index contributed by atoms with van der Waals surface area (Å²) in [6.45, 7) is 3.53. The van der Waals surface area contributed by atoms with Crippen LogP contribution in [0.4, 0.5) is 0 Å². The summed E-state index contributed by atoms with van der Waals surface area (Å²) in [4.78, 5) is 30.0. The molecular formula is C23H24ClN3O2. The zero-order chi connectivity index (χ0) is 20.4. The third kappa shape index (κ3) is 4.30. The second kappa shape index (κ2) is 8.29. The Hall–Kier alpha value is -2.79. The summed E-state index contributed by atoms with van der Waals surface area (Å²) in [5.41, 5.74) is 4.39. The minimum absolute atomic E-state index is 0.0407. The number of carbonyl (C=O) groups excluding carboxylic acids is 2. The number of aryl methyl sites for hydroxylation is 1. The number of H-pyrrole nitrogens is 1. The van der Waals surface area contributed by atoms with Gasteiger partial charge in [0.25, 0.3) is 0 Å². The van der Waals surface area contributed by atoms with Gasteiger partial charge in [0.05, 0.1) is 5.92 Å². The molecule has 1 atom stereocenters. The van der Waals surface area contributed by atoms with Gasteiger partial charge in [-0.25, -0.2) is 0 Å². The van der Waals surface area contributed by atoms with Crippen molar-refractivity contribution in [1.29, 1.82) is 0 Å². The number of hydrogen-bond donors (Lipinski definition) is 2. The molecule has 0 bridgehead atoms. The van der Waals surface area contributed by atoms with E-state index in [1.54, 1.807) is 11.0 Å². The van der Waals surface area contributed by atoms with Crippen molar-refractivity contribution in [2.24, 2.45) is 5.92 Å². The molecule has 0 aliphatic carbocycles. The summed E-state index contributed by atoms with van der Waals surface area (Å²) in [6.07, 6.45) is 3.04. The van der Waals surface area contributed by atoms with Crippen LogP contribution >= 0.6 is 11.6 Å². The lowest BCUT2D eigenvalue weighted by Crippen LogP contribution is -2.33. The number of likely N-dealkylation sites (tertiary alicyclic amines) is 1. The quantitative estimate of drug-likeness (QED) is 0.649. The molecule has 1 fully saturated rings. The van der Waals surface area contributed by atoms with Gasteiger partial charge in [0.15, 0.2) is 0 Å². The normalized spacial score (nSPS) is 16.6. The van der Waals surface area contributed by atoms with Crippen LogP contribution in [0.25, 0.3) is 10.9 Å². The minimum Gasteiger partial charge on any atom is -0.361 e. The molecule has 0 spiro atoms. The maximum Gasteiger partial charge on any atom is 0.225 e. The third-order valence-electron chi connectivity index (χ3n) is 5.57. The summed E-state index contributed by atoms with van der Waals surface area (Å²) < 4.78 is 0. The van der Waals surface area contributed by atoms with Gasteiger partial charge in [-0.3, -0.25) is 9.59 Å². The van der Waals surface area contributed by atoms with Crippen LogP contribution in [0.2, 0.25) is 5.02 Å². The first kappa shape index (κ1) is 19.5. The van der Waals surface area contributed by atoms with E-state index in [4.69, 9.17) is 11.6 Å². The standard InChI is InChI=1S/C23H24ClN3O2/c1-15-6-7-21-19(10-15)16(12-25-21)8-9-27-14-18(11-22(27)28)23(29)26-13-17-4-2-3-5-20(17)24/h2-7,10,12,18,25H,8-9,11,13-14H2,1H3,(H,26,29)/t18-/m1/s1. The molecule has 2 heterocycles. The van der Waals surface area contributed by atoms with Crippen molar-refractivity contribution in [1.82, 2.24) is 15.2 Å². The summed E-state index contributed by atoms with van der Waals surface area (Å²) in [5.74, 6) is -0.363. The fourth-order valence-electron chi connectivity index (χ4n) is 3.89. The molecule has 2 N–H and O–H groups in total. The minimum atomic E-state index is -0.310. The van der Waals surface area contributed by atoms with E-state index in [0.29, 0.717) is 24.7 Å². The molecule has 1 aliphatic heterocycles. The number of benzene rings is 2. The molecular weight excluding hydrogens is 386 g/mol. The van der Waals surface area contributed by atoms with Gasteiger partial charge < -0.3 is 15.2 Å². The number of nitrogens with zero attached hydrogens (tertiary/aromatic N) is 1. The fraction of sp³-hybridized carbons (Fsp3) is 0.304. The lowest BCUT2D eigenvalue weighted by molar-refractivity contribution is -0.129. The highest BCUT2D eigenvalue weighted by Crippen LogP contribution is 2.23. The van der Waals surface area contributed by atoms with Gasteiger partial charge in [0.1, 0.15) is 0 Å². The van der Waals surface area contributed by atoms with Gasteiger partial charge in [-0.2, -0.15) is 0 Å². The molecule has 4 rings (SSSR count). The molecule has 6 heteroatoms. The lowest BCUT2D eigenvalue weighted by atomic mass is 10.1. The Balaban J connectivity index is 1.33. The molecule has 0 unspecified atom stereocenters. The maximum absolute atomic E-state index is 12.5. The molecule has 1 aromatic heterocycles. The summed E-state index contributed by atoms with van der Waals surface area (Å²) in [7, 11) is 0. The number of amides is 2. The number of rotatable bonds is 6. The van der Waals surface area contributed by atoms with E-state index in [2.05, 4.69) is 35.4 Å². The highest BCUT2D eigenvalue weighted by Gasteiger charge is 2.33. The first-order chi connectivity index (χ1) is 14.0. The number of aromatic amines is 1. The van der Waals surface area contributed by atoms with Gasteiger partial charge in [-0.05, 0) is 42.7 Å². The Kier molecular flexibility index (Phi) is 5.58. The van der Waals surface area contributed by atoms with E-state index in [-0.39, 0.29) is 24.2 Å². The van der Waals surface area contributed by atoms with Crippen molar-refractivity contribution in [3.8, 4) is 0 Å². The Morgan fingerprint density at radius 2 is 2.07 bits per heavy atom. The Bertz CT molecular complexity index is 1060. The van der Waals surface area contributed by atoms with Crippen LogP contribution in [0.5, 0.6) is 0 Å². The van der Waals surface area contributed by atoms with E-state index in [1.165, 1.54) is 16.5 Å². The van der Waals surface area contributed by atoms with Gasteiger partial charge in [0, 0.05) is 48.2 Å². The number of fused-ring (bicyclic) bond motifs is 1. The van der Waals surface area contributed by atoms with Gasteiger partial charge in [0.2, 0.25) is 11.8 Å². The average molecular weight is 410 g/mol. The smallest absolute Gasteiger partial charge is 0.225 e. The van der Waals surface area contributed by atoms with E-state index in [1.807, 2.05) is 24.4 Å². The van der Waals surface area contributed by atoms with Crippen molar-refractivity contribution >= 4 is 34.3 Å². The third-order valence-corrected chi connectivity index (χ3v) is 5.94. The first-order valence-corrected chi connectivity index (χ1v) is 10.2. The summed E-state index contributed by atoms with van der Waals surface area (Å²) in [5, 5.41) is 4.75. The Labute approximate surface area is 175 Å². The number of nitrogens with one attached hydrogen (secondary N) is 2. The van der Waals surface area contributed by atoms with Crippen molar-refractivity contribution in [2.45, 2.75) is 26.3 Å². The second-order valence-corrected chi connectivity index (χ2v) is 8.07. The lowest BCUT2D eigenvalue weighted by Gasteiger charge is -2.16. The van der Waals surface area contributed by atoms with E-state index < -0.39 is 0 Å². The molecule has 1 saturated heterocycles. The summed E-state index contributed by atoms with van der Waals surface area (Å²) in [6, 6.07) is 13.8. The largest absolute Gasteiger partial charge is 0.361 e. The summed E-state index contributed by atoms with van der Waals surface area (Å²) >= 11 is 6.14. The molecule has 0 saturated carbocycles. The first-order valence-electron chi connectivity index (χ1n) is 9.87. The van der Waals surface area contributed by atoms with Crippen molar-refractivity contribution in [3.05, 3.63) is 70.4 Å². The number of aromatic nitrogens is 1. The monoisotopic (exact) mass is 409 g/mol. The van der Waals surface area contributed by atoms with Crippen molar-refractivity contribution in [2.75, 3.05) is 13.1 Å². The molecule has 2 amide bonds. The Morgan fingerprint density at radius 3 is 2.90 bits per heavy atom. The zero-order valence-electron chi connectivity index (χ0n) is 16.4. The highest BCUT2D eigenvalue weighted by atomic mass is 35.5. The fourth-order valence-corrected chi connectivity index (χ4v) is 4.09. The van der Waals surface area contributed by atoms with E-state index >= 15 is 0 Å². The number of hydrogen-bond acceptors (Lipinski definition) is 2. The molecule has 150 valence electrons. The van der Waals surface area contributed by atoms with E-state index in [9.17, 15) is 9.59 Å². The highest BCUT2D eigenvalue weighted by molar-refractivity contribution is 6.31. The van der Waals surface area contributed by atoms with Crippen LogP contribution in [0, 0.1) is 12.8 Å². The predicted molar refractivity (Wildman–Crippen MR) is 115 cm³/mol. The van der Waals surface area contributed by atoms with Crippen LogP contribution in [-0.4, -0.2) is 34.8 Å². The predicted octanol–water partition coefficient (Wildman–Crippen LogP) is 3.84. The van der Waals surface area contributed by atoms with Crippen LogP contribution < -0.4 is 5.32 Å². The van der Waals surface area contributed by atoms with E-state index in [0.717, 1.165) is 17.5 Å². The van der Waals surface area contributed by atoms with Gasteiger partial charge >= 0.3 is 0 Å². The topological polar surface area (TPSA) is 65.2 Å². The van der Waals surface area contributed by atoms with Crippen molar-refractivity contribution in [3.63, 3.8) is 0 Å². The SMILES string of the molecule is Cc1ccc2[nH]cc(CCN3C[C@H](C(=O)NCc4ccccc4Cl)CC3=O)c2c1. The molecule has 5 nitrogen and oxygen atoms in total. The van der Waals surface area contributed by atoms with Crippen LogP contribution in [0.1, 0.15) is 23.1 Å². The molecule has 0 radical (unpaired) electrons. The van der Waals surface area contributed by atoms with Crippen LogP contribution in [0.3, 0.4) is 0 Å². The van der Waals surface area contributed by atoms with Gasteiger partial charge in [-0.15, -0.1) is 0 Å². The average Bonchev–Trinajstić information content (AvgIpc) is 3.28. The van der Waals surface area contributed by atoms with Gasteiger partial charge in [-0.1, -0.05) is 41.4 Å². The zero-order valence-corrected chi connectivity index (χ0v) is 17.1. The maximum atomic E-state index is 12.5. The van der Waals surface area contributed by atoms with Crippen LogP contribution in [-0.2, 0) is 22.6 Å². The number of halogens is 1. The second-order valence-electron chi connectivity index (χ2n) is 7.66. The number of carbonyl (C=O) groups is 2. The van der Waals surface area contributed by atoms with Crippen molar-refractivity contribution < 1.29 is 9.59 Å². The molecule has 3 aromatic rings. The molecule has 2 aromatic carbocycles. The molecule has 1 aliphatic rings. The Morgan fingerprint density at radius 1 is 1.24 bits per heavy atom. The van der Waals surface area contributed by atoms with Crippen LogP contribution in [0.15, 0.2) is 48.7 Å². The molecule has 29 heavy (non-hydrogen) atoms.